The fraction of sp³-hybridized carbons (Fsp3) is 0.310. The molecule has 0 radical (unpaired) electrons. The van der Waals surface area contributed by atoms with Gasteiger partial charge in [0.1, 0.15) is 18.4 Å². The van der Waals surface area contributed by atoms with Gasteiger partial charge in [-0.3, -0.25) is 13.9 Å². The number of nitrogens with one attached hydrogen (secondary N) is 1. The van der Waals surface area contributed by atoms with Crippen molar-refractivity contribution in [3.8, 4) is 11.5 Å². The molecule has 0 heterocycles. The summed E-state index contributed by atoms with van der Waals surface area (Å²) in [7, 11) is -1.57. The Balaban J connectivity index is 2.05. The zero-order valence-electron chi connectivity index (χ0n) is 23.3. The third kappa shape index (κ3) is 7.98. The van der Waals surface area contributed by atoms with Crippen molar-refractivity contribution in [3.63, 3.8) is 0 Å². The summed E-state index contributed by atoms with van der Waals surface area (Å²) in [6, 6.07) is 15.2. The number of hydrogen-bond acceptors (Lipinski definition) is 6. The first-order valence-corrected chi connectivity index (χ1v) is 15.1. The second-order valence-electron chi connectivity index (χ2n) is 9.12. The molecule has 9 nitrogen and oxygen atoms in total. The van der Waals surface area contributed by atoms with E-state index in [4.69, 9.17) is 9.47 Å². The van der Waals surface area contributed by atoms with Crippen molar-refractivity contribution in [1.29, 1.82) is 0 Å². The van der Waals surface area contributed by atoms with Crippen molar-refractivity contribution in [1.82, 2.24) is 10.2 Å². The minimum atomic E-state index is -4.37. The number of amides is 2. The van der Waals surface area contributed by atoms with Crippen LogP contribution >= 0.6 is 15.9 Å². The first-order valence-electron chi connectivity index (χ1n) is 12.8. The van der Waals surface area contributed by atoms with Crippen LogP contribution in [0.3, 0.4) is 0 Å². The summed E-state index contributed by atoms with van der Waals surface area (Å²) >= 11 is 3.39. The third-order valence-electron chi connectivity index (χ3n) is 6.32. The highest BCUT2D eigenvalue weighted by Crippen LogP contribution is 2.32. The number of anilines is 1. The SMILES string of the molecule is CCCNC(=O)C(C)N(Cc1ccc(Br)cc1)C(=O)CN(c1ccc(F)cc1)S(=O)(=O)c1ccc(OC)c(OC)c1. The lowest BCUT2D eigenvalue weighted by Gasteiger charge is -2.32. The van der Waals surface area contributed by atoms with E-state index in [0.717, 1.165) is 26.5 Å². The van der Waals surface area contributed by atoms with Crippen LogP contribution in [0.2, 0.25) is 0 Å². The van der Waals surface area contributed by atoms with E-state index in [1.165, 1.54) is 49.5 Å². The number of methoxy groups -OCH3 is 2. The van der Waals surface area contributed by atoms with Crippen LogP contribution in [0.4, 0.5) is 10.1 Å². The molecule has 12 heteroatoms. The molecular formula is C29H33BrFN3O6S. The van der Waals surface area contributed by atoms with E-state index in [2.05, 4.69) is 21.2 Å². The Bertz CT molecular complexity index is 1450. The maximum atomic E-state index is 14.0. The summed E-state index contributed by atoms with van der Waals surface area (Å²) in [6.07, 6.45) is 0.709. The van der Waals surface area contributed by atoms with Gasteiger partial charge in [0.15, 0.2) is 11.5 Å². The number of hydrogen-bond donors (Lipinski definition) is 1. The Morgan fingerprint density at radius 1 is 0.976 bits per heavy atom. The number of halogens is 2. The van der Waals surface area contributed by atoms with Crippen LogP contribution in [0.5, 0.6) is 11.5 Å². The summed E-state index contributed by atoms with van der Waals surface area (Å²) in [6.45, 7) is 3.34. The predicted molar refractivity (Wildman–Crippen MR) is 158 cm³/mol. The van der Waals surface area contributed by atoms with Gasteiger partial charge in [0.05, 0.1) is 24.8 Å². The summed E-state index contributed by atoms with van der Waals surface area (Å²) < 4.78 is 54.0. The predicted octanol–water partition coefficient (Wildman–Crippen LogP) is 4.74. The quantitative estimate of drug-likeness (QED) is 0.287. The van der Waals surface area contributed by atoms with Gasteiger partial charge in [-0.2, -0.15) is 0 Å². The van der Waals surface area contributed by atoms with Crippen molar-refractivity contribution < 1.29 is 31.9 Å². The van der Waals surface area contributed by atoms with Gasteiger partial charge in [-0.15, -0.1) is 0 Å². The summed E-state index contributed by atoms with van der Waals surface area (Å²) in [5.74, 6) is -1.06. The number of rotatable bonds is 13. The second-order valence-corrected chi connectivity index (χ2v) is 11.9. The first kappa shape index (κ1) is 31.9. The minimum Gasteiger partial charge on any atom is -0.493 e. The van der Waals surface area contributed by atoms with Crippen molar-refractivity contribution in [2.75, 3.05) is 31.6 Å². The largest absolute Gasteiger partial charge is 0.493 e. The molecule has 1 unspecified atom stereocenters. The van der Waals surface area contributed by atoms with E-state index in [9.17, 15) is 22.4 Å². The Kier molecular flexibility index (Phi) is 11.1. The van der Waals surface area contributed by atoms with Crippen molar-refractivity contribution in [3.05, 3.63) is 82.6 Å². The molecule has 0 spiro atoms. The van der Waals surface area contributed by atoms with Gasteiger partial charge in [0.2, 0.25) is 11.8 Å². The number of nitrogens with zero attached hydrogens (tertiary/aromatic N) is 2. The number of benzene rings is 3. The van der Waals surface area contributed by atoms with Crippen LogP contribution in [-0.2, 0) is 26.2 Å². The van der Waals surface area contributed by atoms with Crippen LogP contribution < -0.4 is 19.1 Å². The minimum absolute atomic E-state index is 0.0560. The van der Waals surface area contributed by atoms with Crippen LogP contribution in [0, 0.1) is 5.82 Å². The molecule has 220 valence electrons. The molecule has 0 bridgehead atoms. The van der Waals surface area contributed by atoms with Crippen LogP contribution in [0.15, 0.2) is 76.1 Å². The molecule has 1 atom stereocenters. The molecule has 3 aromatic rings. The fourth-order valence-corrected chi connectivity index (χ4v) is 5.70. The molecule has 2 amide bonds. The smallest absolute Gasteiger partial charge is 0.264 e. The second kappa shape index (κ2) is 14.3. The maximum Gasteiger partial charge on any atom is 0.264 e. The zero-order chi connectivity index (χ0) is 30.2. The molecule has 0 aliphatic heterocycles. The standard InChI is InChI=1S/C29H33BrFN3O6S/c1-5-16-32-29(36)20(2)33(18-21-6-8-22(30)9-7-21)28(35)19-34(24-12-10-23(31)11-13-24)41(37,38)25-14-15-26(39-3)27(17-25)40-4/h6-15,17,20H,5,16,18-19H2,1-4H3,(H,32,36). The third-order valence-corrected chi connectivity index (χ3v) is 8.62. The van der Waals surface area contributed by atoms with E-state index in [1.54, 1.807) is 19.1 Å². The molecule has 0 saturated carbocycles. The Hall–Kier alpha value is -3.64. The average molecular weight is 651 g/mol. The highest BCUT2D eigenvalue weighted by atomic mass is 79.9. The number of ether oxygens (including phenoxy) is 2. The van der Waals surface area contributed by atoms with Gasteiger partial charge in [-0.05, 0) is 67.4 Å². The van der Waals surface area contributed by atoms with Gasteiger partial charge >= 0.3 is 0 Å². The molecule has 3 rings (SSSR count). The first-order chi connectivity index (χ1) is 19.5. The number of carbonyl (C=O) groups excluding carboxylic acids is 2. The Morgan fingerprint density at radius 3 is 2.20 bits per heavy atom. The van der Waals surface area contributed by atoms with Gasteiger partial charge in [0.25, 0.3) is 10.0 Å². The van der Waals surface area contributed by atoms with E-state index < -0.39 is 34.3 Å². The summed E-state index contributed by atoms with van der Waals surface area (Å²) in [5.41, 5.74) is 0.814. The molecule has 41 heavy (non-hydrogen) atoms. The normalized spacial score (nSPS) is 11.9. The van der Waals surface area contributed by atoms with Crippen molar-refractivity contribution in [2.24, 2.45) is 0 Å². The fourth-order valence-electron chi connectivity index (χ4n) is 4.01. The highest BCUT2D eigenvalue weighted by molar-refractivity contribution is 9.10. The zero-order valence-corrected chi connectivity index (χ0v) is 25.7. The van der Waals surface area contributed by atoms with Gasteiger partial charge in [-0.25, -0.2) is 12.8 Å². The number of sulfonamides is 1. The van der Waals surface area contributed by atoms with Crippen LogP contribution in [0.25, 0.3) is 0 Å². The van der Waals surface area contributed by atoms with E-state index in [0.29, 0.717) is 18.7 Å². The molecule has 3 aromatic carbocycles. The summed E-state index contributed by atoms with van der Waals surface area (Å²) in [4.78, 5) is 28.0. The summed E-state index contributed by atoms with van der Waals surface area (Å²) in [5, 5.41) is 2.79. The average Bonchev–Trinajstić information content (AvgIpc) is 2.97. The lowest BCUT2D eigenvalue weighted by molar-refractivity contribution is -0.139. The lowest BCUT2D eigenvalue weighted by Crippen LogP contribution is -2.51. The molecule has 0 fully saturated rings. The Labute approximate surface area is 248 Å². The maximum absolute atomic E-state index is 14.0. The molecule has 0 aliphatic carbocycles. The van der Waals surface area contributed by atoms with Gasteiger partial charge in [0, 0.05) is 23.6 Å². The van der Waals surface area contributed by atoms with Crippen molar-refractivity contribution >= 4 is 43.5 Å². The Morgan fingerprint density at radius 2 is 1.61 bits per heavy atom. The molecule has 0 saturated heterocycles. The highest BCUT2D eigenvalue weighted by Gasteiger charge is 2.33. The van der Waals surface area contributed by atoms with E-state index >= 15 is 0 Å². The van der Waals surface area contributed by atoms with E-state index in [-0.39, 0.29) is 28.8 Å². The molecule has 0 aromatic heterocycles. The van der Waals surface area contributed by atoms with E-state index in [1.807, 2.05) is 19.1 Å². The molecule has 1 N–H and O–H groups in total. The van der Waals surface area contributed by atoms with Crippen molar-refractivity contribution in [2.45, 2.75) is 37.8 Å². The van der Waals surface area contributed by atoms with Crippen LogP contribution in [0.1, 0.15) is 25.8 Å². The topological polar surface area (TPSA) is 105 Å². The van der Waals surface area contributed by atoms with Crippen LogP contribution in [-0.4, -0.2) is 58.5 Å². The van der Waals surface area contributed by atoms with Gasteiger partial charge < -0.3 is 19.7 Å². The molecular weight excluding hydrogens is 617 g/mol. The number of carbonyl (C=O) groups is 2. The molecule has 0 aliphatic rings. The lowest BCUT2D eigenvalue weighted by atomic mass is 10.1. The van der Waals surface area contributed by atoms with Gasteiger partial charge in [-0.1, -0.05) is 35.0 Å². The monoisotopic (exact) mass is 649 g/mol.